The van der Waals surface area contributed by atoms with Crippen LogP contribution in [-0.4, -0.2) is 16.5 Å². The number of nitro groups is 1. The quantitative estimate of drug-likeness (QED) is 0.518. The van der Waals surface area contributed by atoms with Gasteiger partial charge in [-0.1, -0.05) is 31.4 Å². The van der Waals surface area contributed by atoms with Gasteiger partial charge in [-0.3, -0.25) is 10.1 Å². The molecule has 1 saturated carbocycles. The maximum atomic E-state index is 11.0. The lowest BCUT2D eigenvalue weighted by Crippen LogP contribution is -2.23. The Morgan fingerprint density at radius 3 is 2.70 bits per heavy atom. The number of hydrogen-bond donors (Lipinski definition) is 1. The van der Waals surface area contributed by atoms with Crippen molar-refractivity contribution in [3.63, 3.8) is 0 Å². The SMILES string of the molecule is O=[N+]([O-])CC(c1cc2c([nH]1)CC=CC2)C1CCCCC1. The number of rotatable bonds is 4. The lowest BCUT2D eigenvalue weighted by Gasteiger charge is -2.27. The number of fused-ring (bicyclic) bond motifs is 1. The number of allylic oxidation sites excluding steroid dienone is 2. The first-order valence-corrected chi connectivity index (χ1v) is 7.71. The van der Waals surface area contributed by atoms with Crippen LogP contribution in [0.15, 0.2) is 18.2 Å². The predicted molar refractivity (Wildman–Crippen MR) is 78.5 cm³/mol. The summed E-state index contributed by atoms with van der Waals surface area (Å²) in [5, 5.41) is 11.0. The minimum absolute atomic E-state index is 0.0656. The zero-order valence-electron chi connectivity index (χ0n) is 11.8. The van der Waals surface area contributed by atoms with Crippen molar-refractivity contribution in [2.24, 2.45) is 5.92 Å². The van der Waals surface area contributed by atoms with Crippen LogP contribution in [-0.2, 0) is 12.8 Å². The van der Waals surface area contributed by atoms with Gasteiger partial charge in [-0.05, 0) is 36.8 Å². The highest BCUT2D eigenvalue weighted by Gasteiger charge is 2.30. The standard InChI is InChI=1S/C16H22N2O2/c19-18(20)11-14(12-6-2-1-3-7-12)16-10-13-8-4-5-9-15(13)17-16/h4-5,10,12,14,17H,1-3,6-9,11H2. The van der Waals surface area contributed by atoms with Gasteiger partial charge in [-0.2, -0.15) is 0 Å². The second-order valence-electron chi connectivity index (χ2n) is 6.13. The van der Waals surface area contributed by atoms with Crippen LogP contribution in [0.5, 0.6) is 0 Å². The fraction of sp³-hybridized carbons (Fsp3) is 0.625. The normalized spacial score (nSPS) is 20.6. The molecular formula is C16H22N2O2. The molecule has 0 aromatic carbocycles. The van der Waals surface area contributed by atoms with E-state index in [1.54, 1.807) is 0 Å². The monoisotopic (exact) mass is 274 g/mol. The molecule has 1 atom stereocenters. The van der Waals surface area contributed by atoms with Gasteiger partial charge in [0.05, 0.1) is 5.92 Å². The molecule has 1 aromatic rings. The van der Waals surface area contributed by atoms with E-state index in [9.17, 15) is 10.1 Å². The van der Waals surface area contributed by atoms with E-state index in [0.717, 1.165) is 31.4 Å². The van der Waals surface area contributed by atoms with Crippen molar-refractivity contribution >= 4 is 0 Å². The number of nitrogens with zero attached hydrogens (tertiary/aromatic N) is 1. The van der Waals surface area contributed by atoms with E-state index < -0.39 is 0 Å². The molecule has 0 spiro atoms. The van der Waals surface area contributed by atoms with Crippen molar-refractivity contribution in [3.8, 4) is 0 Å². The number of H-pyrrole nitrogens is 1. The summed E-state index contributed by atoms with van der Waals surface area (Å²) in [4.78, 5) is 14.4. The molecule has 1 heterocycles. The molecule has 2 aliphatic carbocycles. The van der Waals surface area contributed by atoms with Gasteiger partial charge in [0, 0.05) is 22.7 Å². The summed E-state index contributed by atoms with van der Waals surface area (Å²) in [5.41, 5.74) is 3.68. The van der Waals surface area contributed by atoms with Crippen molar-refractivity contribution in [2.75, 3.05) is 6.54 Å². The largest absolute Gasteiger partial charge is 0.361 e. The zero-order valence-corrected chi connectivity index (χ0v) is 11.8. The Labute approximate surface area is 119 Å². The Hall–Kier alpha value is -1.58. The van der Waals surface area contributed by atoms with Crippen LogP contribution in [0.2, 0.25) is 0 Å². The van der Waals surface area contributed by atoms with E-state index in [0.29, 0.717) is 5.92 Å². The Morgan fingerprint density at radius 1 is 1.25 bits per heavy atom. The molecule has 4 nitrogen and oxygen atoms in total. The molecular weight excluding hydrogens is 252 g/mol. The van der Waals surface area contributed by atoms with Crippen LogP contribution in [0.3, 0.4) is 0 Å². The molecule has 1 aromatic heterocycles. The van der Waals surface area contributed by atoms with Gasteiger partial charge in [-0.15, -0.1) is 0 Å². The zero-order chi connectivity index (χ0) is 13.9. The fourth-order valence-corrected chi connectivity index (χ4v) is 3.74. The van der Waals surface area contributed by atoms with Crippen molar-refractivity contribution in [2.45, 2.75) is 50.9 Å². The molecule has 3 rings (SSSR count). The lowest BCUT2D eigenvalue weighted by atomic mass is 9.78. The Bertz CT molecular complexity index is 487. The van der Waals surface area contributed by atoms with Gasteiger partial charge >= 0.3 is 0 Å². The summed E-state index contributed by atoms with van der Waals surface area (Å²) in [7, 11) is 0. The van der Waals surface area contributed by atoms with Crippen LogP contribution < -0.4 is 0 Å². The average Bonchev–Trinajstić information content (AvgIpc) is 2.89. The highest BCUT2D eigenvalue weighted by molar-refractivity contribution is 5.34. The molecule has 0 amide bonds. The average molecular weight is 274 g/mol. The Balaban J connectivity index is 1.84. The number of aromatic nitrogens is 1. The summed E-state index contributed by atoms with van der Waals surface area (Å²) < 4.78 is 0. The first kappa shape index (κ1) is 13.4. The number of aromatic amines is 1. The minimum Gasteiger partial charge on any atom is -0.361 e. The topological polar surface area (TPSA) is 58.9 Å². The van der Waals surface area contributed by atoms with E-state index in [1.165, 1.54) is 30.5 Å². The van der Waals surface area contributed by atoms with Crippen LogP contribution >= 0.6 is 0 Å². The fourth-order valence-electron chi connectivity index (χ4n) is 3.74. The van der Waals surface area contributed by atoms with Gasteiger partial charge in [0.1, 0.15) is 0 Å². The third kappa shape index (κ3) is 2.79. The number of nitrogens with one attached hydrogen (secondary N) is 1. The molecule has 2 aliphatic rings. The molecule has 0 saturated heterocycles. The number of hydrogen-bond acceptors (Lipinski definition) is 2. The molecule has 0 bridgehead atoms. The van der Waals surface area contributed by atoms with Crippen molar-refractivity contribution < 1.29 is 4.92 Å². The highest BCUT2D eigenvalue weighted by Crippen LogP contribution is 2.37. The second-order valence-corrected chi connectivity index (χ2v) is 6.13. The summed E-state index contributed by atoms with van der Waals surface area (Å²) in [5.74, 6) is 0.540. The molecule has 1 N–H and O–H groups in total. The lowest BCUT2D eigenvalue weighted by molar-refractivity contribution is -0.485. The Morgan fingerprint density at radius 2 is 2.00 bits per heavy atom. The first-order valence-electron chi connectivity index (χ1n) is 7.71. The van der Waals surface area contributed by atoms with Crippen LogP contribution in [0.25, 0.3) is 0 Å². The molecule has 108 valence electrons. The molecule has 20 heavy (non-hydrogen) atoms. The molecule has 1 fully saturated rings. The van der Waals surface area contributed by atoms with Gasteiger partial charge in [-0.25, -0.2) is 0 Å². The van der Waals surface area contributed by atoms with Gasteiger partial charge in [0.25, 0.3) is 0 Å². The smallest absolute Gasteiger partial charge is 0.212 e. The summed E-state index contributed by atoms with van der Waals surface area (Å²) in [6.45, 7) is 0.0670. The van der Waals surface area contributed by atoms with E-state index in [4.69, 9.17) is 0 Å². The minimum atomic E-state index is -0.142. The maximum absolute atomic E-state index is 11.0. The van der Waals surface area contributed by atoms with E-state index in [1.807, 2.05) is 0 Å². The first-order chi connectivity index (χ1) is 9.74. The van der Waals surface area contributed by atoms with Crippen molar-refractivity contribution in [1.29, 1.82) is 0 Å². The van der Waals surface area contributed by atoms with E-state index in [-0.39, 0.29) is 17.4 Å². The van der Waals surface area contributed by atoms with Crippen molar-refractivity contribution in [1.82, 2.24) is 4.98 Å². The van der Waals surface area contributed by atoms with E-state index >= 15 is 0 Å². The predicted octanol–water partition coefficient (Wildman–Crippen LogP) is 3.61. The van der Waals surface area contributed by atoms with Crippen LogP contribution in [0.1, 0.15) is 55.0 Å². The maximum Gasteiger partial charge on any atom is 0.212 e. The third-order valence-electron chi connectivity index (χ3n) is 4.80. The highest BCUT2D eigenvalue weighted by atomic mass is 16.6. The summed E-state index contributed by atoms with van der Waals surface area (Å²) >= 11 is 0. The van der Waals surface area contributed by atoms with Gasteiger partial charge < -0.3 is 4.98 Å². The van der Waals surface area contributed by atoms with Gasteiger partial charge in [0.2, 0.25) is 6.54 Å². The second kappa shape index (κ2) is 5.81. The van der Waals surface area contributed by atoms with Crippen molar-refractivity contribution in [3.05, 3.63) is 45.3 Å². The molecule has 0 aliphatic heterocycles. The van der Waals surface area contributed by atoms with Crippen LogP contribution in [0.4, 0.5) is 0 Å². The third-order valence-corrected chi connectivity index (χ3v) is 4.80. The van der Waals surface area contributed by atoms with E-state index in [2.05, 4.69) is 23.2 Å². The molecule has 4 heteroatoms. The summed E-state index contributed by atoms with van der Waals surface area (Å²) in [6.07, 6.45) is 12.3. The summed E-state index contributed by atoms with van der Waals surface area (Å²) in [6, 6.07) is 2.18. The molecule has 1 unspecified atom stereocenters. The van der Waals surface area contributed by atoms with Gasteiger partial charge in [0.15, 0.2) is 0 Å². The Kier molecular flexibility index (Phi) is 3.90. The van der Waals surface area contributed by atoms with Crippen LogP contribution in [0, 0.1) is 16.0 Å². The molecule has 0 radical (unpaired) electrons.